The fraction of sp³-hybridized carbons (Fsp3) is 0.812. The van der Waals surface area contributed by atoms with Crippen molar-refractivity contribution >= 4 is 17.8 Å². The Morgan fingerprint density at radius 2 is 1.91 bits per heavy atom. The third kappa shape index (κ3) is 4.22. The van der Waals surface area contributed by atoms with Gasteiger partial charge in [-0.15, -0.1) is 0 Å². The molecule has 130 valence electrons. The molecule has 2 N–H and O–H groups in total. The van der Waals surface area contributed by atoms with Gasteiger partial charge in [0.05, 0.1) is 13.2 Å². The number of amides is 4. The Morgan fingerprint density at radius 3 is 2.52 bits per heavy atom. The monoisotopic (exact) mass is 324 g/mol. The van der Waals surface area contributed by atoms with Crippen LogP contribution in [0.1, 0.15) is 51.9 Å². The van der Waals surface area contributed by atoms with E-state index in [4.69, 9.17) is 0 Å². The number of urea groups is 1. The van der Waals surface area contributed by atoms with E-state index in [9.17, 15) is 14.4 Å². The molecule has 1 heterocycles. The number of nitrogens with one attached hydrogen (secondary N) is 2. The second-order valence-corrected chi connectivity index (χ2v) is 6.67. The lowest BCUT2D eigenvalue weighted by Gasteiger charge is -2.26. The lowest BCUT2D eigenvalue weighted by molar-refractivity contribution is -0.134. The fourth-order valence-electron chi connectivity index (χ4n) is 3.33. The number of likely N-dealkylation sites (N-methyl/N-ethyl adjacent to an activating group) is 1. The van der Waals surface area contributed by atoms with Crippen LogP contribution in [-0.2, 0) is 9.59 Å². The van der Waals surface area contributed by atoms with Crippen molar-refractivity contribution in [1.29, 1.82) is 0 Å². The minimum Gasteiger partial charge on any atom is -0.355 e. The average molecular weight is 324 g/mol. The van der Waals surface area contributed by atoms with Crippen LogP contribution in [0.3, 0.4) is 0 Å². The number of imide groups is 1. The van der Waals surface area contributed by atoms with Crippen LogP contribution in [0.2, 0.25) is 0 Å². The van der Waals surface area contributed by atoms with E-state index in [1.54, 1.807) is 11.9 Å². The summed E-state index contributed by atoms with van der Waals surface area (Å²) in [6.45, 7) is 2.94. The van der Waals surface area contributed by atoms with Crippen LogP contribution in [0, 0.1) is 0 Å². The molecule has 2 fully saturated rings. The highest BCUT2D eigenvalue weighted by atomic mass is 16.2. The first kappa shape index (κ1) is 17.7. The zero-order valence-corrected chi connectivity index (χ0v) is 14.2. The van der Waals surface area contributed by atoms with E-state index < -0.39 is 5.54 Å². The summed E-state index contributed by atoms with van der Waals surface area (Å²) in [5.74, 6) is -0.226. The lowest BCUT2D eigenvalue weighted by atomic mass is 9.90. The van der Waals surface area contributed by atoms with Gasteiger partial charge in [-0.05, 0) is 26.3 Å². The van der Waals surface area contributed by atoms with Gasteiger partial charge in [-0.2, -0.15) is 0 Å². The van der Waals surface area contributed by atoms with Crippen LogP contribution in [0.5, 0.6) is 0 Å². The molecule has 2 aliphatic rings. The Kier molecular flexibility index (Phi) is 5.98. The summed E-state index contributed by atoms with van der Waals surface area (Å²) < 4.78 is 0. The van der Waals surface area contributed by atoms with Crippen molar-refractivity contribution in [2.75, 3.05) is 26.8 Å². The van der Waals surface area contributed by atoms with E-state index in [2.05, 4.69) is 10.6 Å². The molecule has 0 aromatic rings. The molecule has 0 atom stereocenters. The average Bonchev–Trinajstić information content (AvgIpc) is 2.69. The van der Waals surface area contributed by atoms with Gasteiger partial charge in [0.1, 0.15) is 5.54 Å². The molecule has 7 nitrogen and oxygen atoms in total. The van der Waals surface area contributed by atoms with E-state index in [0.717, 1.165) is 44.9 Å². The number of carbonyl (C=O) groups excluding carboxylic acids is 3. The highest BCUT2D eigenvalue weighted by Crippen LogP contribution is 2.32. The first-order valence-electron chi connectivity index (χ1n) is 8.58. The summed E-state index contributed by atoms with van der Waals surface area (Å²) in [5.41, 5.74) is -0.709. The van der Waals surface area contributed by atoms with Crippen molar-refractivity contribution in [2.45, 2.75) is 57.4 Å². The predicted octanol–water partition coefficient (Wildman–Crippen LogP) is 1.05. The van der Waals surface area contributed by atoms with E-state index in [-0.39, 0.29) is 31.1 Å². The second kappa shape index (κ2) is 7.77. The van der Waals surface area contributed by atoms with Crippen LogP contribution >= 0.6 is 0 Å². The fourth-order valence-corrected chi connectivity index (χ4v) is 3.33. The molecule has 1 spiro atoms. The van der Waals surface area contributed by atoms with Gasteiger partial charge < -0.3 is 10.6 Å². The lowest BCUT2D eigenvalue weighted by Crippen LogP contribution is -2.48. The Bertz CT molecular complexity index is 458. The molecule has 1 saturated carbocycles. The van der Waals surface area contributed by atoms with E-state index >= 15 is 0 Å². The molecule has 0 radical (unpaired) electrons. The van der Waals surface area contributed by atoms with Gasteiger partial charge in [0.15, 0.2) is 0 Å². The summed E-state index contributed by atoms with van der Waals surface area (Å²) in [6, 6.07) is -0.335. The maximum atomic E-state index is 12.8. The molecule has 0 aromatic heterocycles. The standard InChI is InChI=1S/C16H28N4O3/c1-3-10-17-13(21)11-19(2)12-20-14(22)16(18-15(20)23)8-6-4-5-7-9-16/h3-12H2,1-2H3,(H,17,21)(H,18,23). The molecule has 1 aliphatic heterocycles. The molecule has 7 heteroatoms. The molecule has 2 rings (SSSR count). The van der Waals surface area contributed by atoms with Crippen molar-refractivity contribution in [2.24, 2.45) is 0 Å². The van der Waals surface area contributed by atoms with Crippen LogP contribution in [0.4, 0.5) is 4.79 Å². The van der Waals surface area contributed by atoms with E-state index in [1.807, 2.05) is 6.92 Å². The largest absolute Gasteiger partial charge is 0.355 e. The third-order valence-electron chi connectivity index (χ3n) is 4.57. The number of rotatable bonds is 6. The normalized spacial score (nSPS) is 20.7. The van der Waals surface area contributed by atoms with Crippen LogP contribution < -0.4 is 10.6 Å². The van der Waals surface area contributed by atoms with Crippen LogP contribution in [0.25, 0.3) is 0 Å². The van der Waals surface area contributed by atoms with Gasteiger partial charge in [0, 0.05) is 6.54 Å². The maximum Gasteiger partial charge on any atom is 0.326 e. The van der Waals surface area contributed by atoms with E-state index in [1.165, 1.54) is 4.90 Å². The summed E-state index contributed by atoms with van der Waals surface area (Å²) in [5, 5.41) is 5.70. The first-order valence-corrected chi connectivity index (χ1v) is 8.58. The zero-order chi connectivity index (χ0) is 16.9. The van der Waals surface area contributed by atoms with Gasteiger partial charge in [0.2, 0.25) is 5.91 Å². The molecular formula is C16H28N4O3. The number of hydrogen-bond acceptors (Lipinski definition) is 4. The Labute approximate surface area is 137 Å². The molecule has 1 saturated heterocycles. The number of carbonyl (C=O) groups is 3. The summed E-state index contributed by atoms with van der Waals surface area (Å²) >= 11 is 0. The second-order valence-electron chi connectivity index (χ2n) is 6.67. The third-order valence-corrected chi connectivity index (χ3v) is 4.57. The number of hydrogen-bond donors (Lipinski definition) is 2. The molecule has 0 aromatic carbocycles. The van der Waals surface area contributed by atoms with Crippen LogP contribution in [0.15, 0.2) is 0 Å². The van der Waals surface area contributed by atoms with E-state index in [0.29, 0.717) is 6.54 Å². The predicted molar refractivity (Wildman–Crippen MR) is 86.6 cm³/mol. The van der Waals surface area contributed by atoms with Gasteiger partial charge in [0.25, 0.3) is 5.91 Å². The first-order chi connectivity index (χ1) is 11.0. The summed E-state index contributed by atoms with van der Waals surface area (Å²) in [6.07, 6.45) is 6.48. The molecular weight excluding hydrogens is 296 g/mol. The topological polar surface area (TPSA) is 81.8 Å². The van der Waals surface area contributed by atoms with Crippen LogP contribution in [-0.4, -0.2) is 60.0 Å². The molecule has 4 amide bonds. The smallest absolute Gasteiger partial charge is 0.326 e. The zero-order valence-electron chi connectivity index (χ0n) is 14.2. The molecule has 23 heavy (non-hydrogen) atoms. The molecule has 1 aliphatic carbocycles. The van der Waals surface area contributed by atoms with Crippen molar-refractivity contribution in [3.05, 3.63) is 0 Å². The SMILES string of the molecule is CCCNC(=O)CN(C)CN1C(=O)NC2(CCCCCC2)C1=O. The van der Waals surface area contributed by atoms with Crippen molar-refractivity contribution in [1.82, 2.24) is 20.4 Å². The van der Waals surface area contributed by atoms with Gasteiger partial charge >= 0.3 is 6.03 Å². The van der Waals surface area contributed by atoms with Crippen molar-refractivity contribution in [3.8, 4) is 0 Å². The molecule has 0 unspecified atom stereocenters. The highest BCUT2D eigenvalue weighted by Gasteiger charge is 2.50. The quantitative estimate of drug-likeness (QED) is 0.716. The van der Waals surface area contributed by atoms with Gasteiger partial charge in [-0.1, -0.05) is 32.6 Å². The Balaban J connectivity index is 1.93. The van der Waals surface area contributed by atoms with Crippen molar-refractivity contribution in [3.63, 3.8) is 0 Å². The number of nitrogens with zero attached hydrogens (tertiary/aromatic N) is 2. The van der Waals surface area contributed by atoms with Crippen molar-refractivity contribution < 1.29 is 14.4 Å². The minimum absolute atomic E-state index is 0.0921. The maximum absolute atomic E-state index is 12.8. The summed E-state index contributed by atoms with van der Waals surface area (Å²) in [7, 11) is 1.74. The Morgan fingerprint density at radius 1 is 1.26 bits per heavy atom. The highest BCUT2D eigenvalue weighted by molar-refractivity contribution is 6.07. The van der Waals surface area contributed by atoms with Gasteiger partial charge in [-0.3, -0.25) is 14.5 Å². The molecule has 0 bridgehead atoms. The summed E-state index contributed by atoms with van der Waals surface area (Å²) in [4.78, 5) is 39.7. The van der Waals surface area contributed by atoms with Gasteiger partial charge in [-0.25, -0.2) is 9.69 Å². The minimum atomic E-state index is -0.709. The Hall–Kier alpha value is -1.63.